The van der Waals surface area contributed by atoms with E-state index in [1.807, 2.05) is 32.9 Å². The third-order valence-electron chi connectivity index (χ3n) is 4.47. The van der Waals surface area contributed by atoms with Gasteiger partial charge in [-0.05, 0) is 73.9 Å². The lowest BCUT2D eigenvalue weighted by Gasteiger charge is -2.10. The van der Waals surface area contributed by atoms with Crippen LogP contribution in [0.3, 0.4) is 0 Å². The minimum atomic E-state index is -0.0989. The molecule has 0 spiro atoms. The molecule has 0 unspecified atom stereocenters. The Bertz CT molecular complexity index is 1010. The second-order valence-electron chi connectivity index (χ2n) is 6.72. The number of nitrogens with zero attached hydrogens (tertiary/aromatic N) is 1. The first kappa shape index (κ1) is 20.3. The minimum Gasteiger partial charge on any atom is -0.436 e. The summed E-state index contributed by atoms with van der Waals surface area (Å²) in [6.45, 7) is 6.11. The number of hydrogen-bond acceptors (Lipinski definition) is 4. The summed E-state index contributed by atoms with van der Waals surface area (Å²) in [5.74, 6) is 0.338. The van der Waals surface area contributed by atoms with Crippen molar-refractivity contribution in [1.82, 2.24) is 10.3 Å². The van der Waals surface area contributed by atoms with E-state index in [-0.39, 0.29) is 11.0 Å². The molecule has 5 nitrogen and oxygen atoms in total. The van der Waals surface area contributed by atoms with Crippen molar-refractivity contribution in [3.63, 3.8) is 0 Å². The Balaban J connectivity index is 1.82. The Kier molecular flexibility index (Phi) is 6.31. The third-order valence-corrected chi connectivity index (χ3v) is 5.00. The molecule has 0 aliphatic carbocycles. The van der Waals surface area contributed by atoms with Crippen molar-refractivity contribution in [1.29, 1.82) is 0 Å². The summed E-state index contributed by atoms with van der Waals surface area (Å²) >= 11 is 11.6. The molecule has 146 valence electrons. The monoisotopic (exact) mass is 415 g/mol. The fourth-order valence-electron chi connectivity index (χ4n) is 2.75. The number of thiocarbonyl (C=S) groups is 1. The van der Waals surface area contributed by atoms with Gasteiger partial charge in [-0.15, -0.1) is 0 Å². The molecule has 1 heterocycles. The maximum atomic E-state index is 11.8. The van der Waals surface area contributed by atoms with Crippen LogP contribution in [0.1, 0.15) is 37.3 Å². The highest BCUT2D eigenvalue weighted by Gasteiger charge is 2.14. The van der Waals surface area contributed by atoms with Gasteiger partial charge >= 0.3 is 0 Å². The number of oxazole rings is 1. The van der Waals surface area contributed by atoms with E-state index in [0.29, 0.717) is 34.2 Å². The Morgan fingerprint density at radius 1 is 1.21 bits per heavy atom. The van der Waals surface area contributed by atoms with Gasteiger partial charge in [0.2, 0.25) is 11.8 Å². The molecule has 28 heavy (non-hydrogen) atoms. The fourth-order valence-corrected chi connectivity index (χ4v) is 3.18. The summed E-state index contributed by atoms with van der Waals surface area (Å²) in [4.78, 5) is 16.4. The summed E-state index contributed by atoms with van der Waals surface area (Å²) in [5.41, 5.74) is 5.13. The smallest absolute Gasteiger partial charge is 0.228 e. The highest BCUT2D eigenvalue weighted by molar-refractivity contribution is 7.80. The number of rotatable bonds is 5. The van der Waals surface area contributed by atoms with Crippen molar-refractivity contribution in [2.45, 2.75) is 40.0 Å². The summed E-state index contributed by atoms with van der Waals surface area (Å²) in [7, 11) is 0. The van der Waals surface area contributed by atoms with Gasteiger partial charge in [-0.25, -0.2) is 4.98 Å². The van der Waals surface area contributed by atoms with Crippen LogP contribution in [0.2, 0.25) is 5.02 Å². The van der Waals surface area contributed by atoms with E-state index in [2.05, 4.69) is 15.6 Å². The summed E-state index contributed by atoms with van der Waals surface area (Å²) in [6, 6.07) is 9.30. The van der Waals surface area contributed by atoms with Crippen molar-refractivity contribution in [3.05, 3.63) is 46.5 Å². The maximum absolute atomic E-state index is 11.8. The largest absolute Gasteiger partial charge is 0.436 e. The van der Waals surface area contributed by atoms with E-state index in [1.54, 1.807) is 18.2 Å². The van der Waals surface area contributed by atoms with E-state index < -0.39 is 0 Å². The van der Waals surface area contributed by atoms with Crippen LogP contribution in [0.5, 0.6) is 0 Å². The Morgan fingerprint density at radius 2 is 1.96 bits per heavy atom. The molecule has 2 aromatic carbocycles. The minimum absolute atomic E-state index is 0.0989. The van der Waals surface area contributed by atoms with Crippen molar-refractivity contribution in [2.24, 2.45) is 0 Å². The van der Waals surface area contributed by atoms with Crippen LogP contribution < -0.4 is 10.6 Å². The predicted octanol–water partition coefficient (Wildman–Crippen LogP) is 5.77. The Morgan fingerprint density at radius 3 is 2.71 bits per heavy atom. The zero-order valence-corrected chi connectivity index (χ0v) is 17.6. The molecule has 0 saturated carbocycles. The SMILES string of the molecule is CCCCC(=O)NC(=S)Nc1ccc(Cl)c(-c2nc3cc(C)c(C)cc3o2)c1. The highest BCUT2D eigenvalue weighted by Crippen LogP contribution is 2.33. The van der Waals surface area contributed by atoms with Gasteiger partial charge in [0.15, 0.2) is 10.7 Å². The number of benzene rings is 2. The molecule has 0 aliphatic heterocycles. The van der Waals surface area contributed by atoms with Crippen LogP contribution in [-0.4, -0.2) is 16.0 Å². The first-order chi connectivity index (χ1) is 13.4. The summed E-state index contributed by atoms with van der Waals surface area (Å²) < 4.78 is 5.91. The molecular weight excluding hydrogens is 394 g/mol. The standard InChI is InChI=1S/C21H22ClN3O2S/c1-4-5-6-19(26)25-21(28)23-14-7-8-16(22)15(11-14)20-24-17-9-12(2)13(3)10-18(17)27-20/h7-11H,4-6H2,1-3H3,(H2,23,25,26,28). The van der Waals surface area contributed by atoms with Crippen LogP contribution in [-0.2, 0) is 4.79 Å². The molecule has 3 rings (SSSR count). The van der Waals surface area contributed by atoms with Gasteiger partial charge in [-0.2, -0.15) is 0 Å². The molecule has 0 atom stereocenters. The molecule has 0 saturated heterocycles. The second-order valence-corrected chi connectivity index (χ2v) is 7.54. The molecule has 3 aromatic rings. The van der Waals surface area contributed by atoms with Crippen molar-refractivity contribution in [3.8, 4) is 11.5 Å². The molecule has 0 radical (unpaired) electrons. The zero-order chi connectivity index (χ0) is 20.3. The van der Waals surface area contributed by atoms with E-state index in [4.69, 9.17) is 28.2 Å². The van der Waals surface area contributed by atoms with Crippen molar-refractivity contribution >= 4 is 51.6 Å². The van der Waals surface area contributed by atoms with E-state index in [9.17, 15) is 4.79 Å². The van der Waals surface area contributed by atoms with Crippen LogP contribution in [0.15, 0.2) is 34.7 Å². The number of fused-ring (bicyclic) bond motifs is 1. The average Bonchev–Trinajstić information content (AvgIpc) is 3.04. The number of halogens is 1. The Hall–Kier alpha value is -2.44. The molecule has 0 bridgehead atoms. The lowest BCUT2D eigenvalue weighted by molar-refractivity contribution is -0.119. The van der Waals surface area contributed by atoms with Gasteiger partial charge in [0.25, 0.3) is 0 Å². The molecule has 7 heteroatoms. The number of carbonyl (C=O) groups is 1. The average molecular weight is 416 g/mol. The van der Waals surface area contributed by atoms with Gasteiger partial charge in [-0.3, -0.25) is 4.79 Å². The molecule has 0 aliphatic rings. The number of anilines is 1. The van der Waals surface area contributed by atoms with Crippen LogP contribution in [0.4, 0.5) is 5.69 Å². The first-order valence-corrected chi connectivity index (χ1v) is 9.94. The predicted molar refractivity (Wildman–Crippen MR) is 118 cm³/mol. The molecular formula is C21H22ClN3O2S. The lowest BCUT2D eigenvalue weighted by atomic mass is 10.1. The fraction of sp³-hybridized carbons (Fsp3) is 0.286. The number of amides is 1. The zero-order valence-electron chi connectivity index (χ0n) is 16.1. The van der Waals surface area contributed by atoms with Crippen LogP contribution in [0, 0.1) is 13.8 Å². The van der Waals surface area contributed by atoms with Gasteiger partial charge in [-0.1, -0.05) is 24.9 Å². The van der Waals surface area contributed by atoms with Crippen LogP contribution >= 0.6 is 23.8 Å². The number of carbonyl (C=O) groups excluding carboxylic acids is 1. The van der Waals surface area contributed by atoms with Crippen molar-refractivity contribution < 1.29 is 9.21 Å². The van der Waals surface area contributed by atoms with E-state index in [1.165, 1.54) is 0 Å². The number of aromatic nitrogens is 1. The van der Waals surface area contributed by atoms with Gasteiger partial charge < -0.3 is 15.1 Å². The Labute approximate surface area is 174 Å². The number of aryl methyl sites for hydroxylation is 2. The third kappa shape index (κ3) is 4.69. The molecule has 1 amide bonds. The second kappa shape index (κ2) is 8.71. The van der Waals surface area contributed by atoms with Crippen LogP contribution in [0.25, 0.3) is 22.6 Å². The van der Waals surface area contributed by atoms with Gasteiger partial charge in [0.1, 0.15) is 5.52 Å². The first-order valence-electron chi connectivity index (χ1n) is 9.16. The van der Waals surface area contributed by atoms with E-state index in [0.717, 1.165) is 29.5 Å². The molecule has 2 N–H and O–H groups in total. The lowest BCUT2D eigenvalue weighted by Crippen LogP contribution is -2.33. The normalized spacial score (nSPS) is 10.9. The highest BCUT2D eigenvalue weighted by atomic mass is 35.5. The van der Waals surface area contributed by atoms with Crippen molar-refractivity contribution in [2.75, 3.05) is 5.32 Å². The molecule has 0 fully saturated rings. The van der Waals surface area contributed by atoms with Gasteiger partial charge in [0, 0.05) is 12.1 Å². The number of unbranched alkanes of at least 4 members (excludes halogenated alkanes) is 1. The number of nitrogens with one attached hydrogen (secondary N) is 2. The maximum Gasteiger partial charge on any atom is 0.228 e. The quantitative estimate of drug-likeness (QED) is 0.518. The van der Waals surface area contributed by atoms with Gasteiger partial charge in [0.05, 0.1) is 10.6 Å². The number of hydrogen-bond donors (Lipinski definition) is 2. The molecule has 1 aromatic heterocycles. The summed E-state index contributed by atoms with van der Waals surface area (Å²) in [6.07, 6.45) is 2.24. The topological polar surface area (TPSA) is 67.2 Å². The van der Waals surface area contributed by atoms with E-state index >= 15 is 0 Å². The summed E-state index contributed by atoms with van der Waals surface area (Å²) in [5, 5.41) is 6.46.